The highest BCUT2D eigenvalue weighted by molar-refractivity contribution is 14.1. The van der Waals surface area contributed by atoms with E-state index < -0.39 is 0 Å². The van der Waals surface area contributed by atoms with Crippen molar-refractivity contribution in [2.45, 2.75) is 26.7 Å². The van der Waals surface area contributed by atoms with Gasteiger partial charge in [-0.3, -0.25) is 0 Å². The van der Waals surface area contributed by atoms with Gasteiger partial charge in [-0.2, -0.15) is 0 Å². The Kier molecular flexibility index (Phi) is 4.98. The lowest BCUT2D eigenvalue weighted by Gasteiger charge is -2.38. The molecule has 0 saturated carbocycles. The molecule has 0 bridgehead atoms. The maximum atomic E-state index is 4.34. The summed E-state index contributed by atoms with van der Waals surface area (Å²) < 4.78 is 1.28. The van der Waals surface area contributed by atoms with E-state index in [9.17, 15) is 0 Å². The minimum absolute atomic E-state index is 0.198. The van der Waals surface area contributed by atoms with Crippen molar-refractivity contribution in [1.29, 1.82) is 0 Å². The predicted octanol–water partition coefficient (Wildman–Crippen LogP) is 7.87. The van der Waals surface area contributed by atoms with Crippen LogP contribution in [0.1, 0.15) is 32.3 Å². The minimum atomic E-state index is 0.198. The Balaban J connectivity index is 1.75. The van der Waals surface area contributed by atoms with E-state index in [2.05, 4.69) is 116 Å². The lowest BCUT2D eigenvalue weighted by atomic mass is 9.66. The van der Waals surface area contributed by atoms with E-state index in [0.29, 0.717) is 5.92 Å². The Bertz CT molecular complexity index is 1030. The van der Waals surface area contributed by atoms with Gasteiger partial charge in [-0.1, -0.05) is 75.1 Å². The van der Waals surface area contributed by atoms with Crippen LogP contribution in [0.5, 0.6) is 0 Å². The molecular weight excluding hydrogens is 439 g/mol. The minimum Gasteiger partial charge on any atom is -0.0915 e. The Morgan fingerprint density at radius 2 is 1.78 bits per heavy atom. The number of hydrogen-bond donors (Lipinski definition) is 0. The average molecular weight is 464 g/mol. The number of fused-ring (bicyclic) bond motifs is 2. The molecule has 0 saturated heterocycles. The van der Waals surface area contributed by atoms with Gasteiger partial charge in [-0.05, 0) is 98.0 Å². The van der Waals surface area contributed by atoms with E-state index in [1.54, 1.807) is 0 Å². The highest BCUT2D eigenvalue weighted by atomic mass is 127. The summed E-state index contributed by atoms with van der Waals surface area (Å²) in [6.45, 7) is 9.11. The van der Waals surface area contributed by atoms with E-state index in [1.807, 2.05) is 0 Å². The third-order valence-corrected chi connectivity index (χ3v) is 6.61. The second-order valence-corrected chi connectivity index (χ2v) is 9.53. The molecule has 0 amide bonds. The maximum absolute atomic E-state index is 4.34. The van der Waals surface area contributed by atoms with Crippen LogP contribution in [0, 0.1) is 14.9 Å². The molecule has 1 heteroatoms. The third kappa shape index (κ3) is 3.75. The van der Waals surface area contributed by atoms with Crippen LogP contribution in [0.15, 0.2) is 90.6 Å². The lowest BCUT2D eigenvalue weighted by molar-refractivity contribution is 0.256. The van der Waals surface area contributed by atoms with Crippen molar-refractivity contribution in [2.75, 3.05) is 0 Å². The number of allylic oxidation sites excluding steroid dienone is 9. The Labute approximate surface area is 176 Å². The van der Waals surface area contributed by atoms with Crippen molar-refractivity contribution in [3.05, 3.63) is 99.7 Å². The normalized spacial score (nSPS) is 24.1. The van der Waals surface area contributed by atoms with Crippen molar-refractivity contribution < 1.29 is 0 Å². The van der Waals surface area contributed by atoms with E-state index in [1.165, 1.54) is 31.1 Å². The van der Waals surface area contributed by atoms with Gasteiger partial charge >= 0.3 is 0 Å². The van der Waals surface area contributed by atoms with Gasteiger partial charge in [0.2, 0.25) is 0 Å². The highest BCUT2D eigenvalue weighted by Gasteiger charge is 2.34. The summed E-state index contributed by atoms with van der Waals surface area (Å²) in [4.78, 5) is 0. The average Bonchev–Trinajstić information content (AvgIpc) is 2.71. The molecule has 0 radical (unpaired) electrons. The van der Waals surface area contributed by atoms with E-state index in [0.717, 1.165) is 18.4 Å². The zero-order chi connectivity index (χ0) is 19.0. The zero-order valence-electron chi connectivity index (χ0n) is 16.0. The van der Waals surface area contributed by atoms with Crippen LogP contribution in [0.4, 0.5) is 0 Å². The van der Waals surface area contributed by atoms with Crippen LogP contribution in [0.2, 0.25) is 0 Å². The third-order valence-electron chi connectivity index (χ3n) is 5.94. The zero-order valence-corrected chi connectivity index (χ0v) is 18.2. The van der Waals surface area contributed by atoms with Crippen molar-refractivity contribution in [3.8, 4) is 0 Å². The largest absolute Gasteiger partial charge is 0.0915 e. The molecule has 2 aromatic carbocycles. The summed E-state index contributed by atoms with van der Waals surface area (Å²) >= 11 is 2.38. The Morgan fingerprint density at radius 1 is 1.00 bits per heavy atom. The summed E-state index contributed by atoms with van der Waals surface area (Å²) in [6.07, 6.45) is 15.5. The summed E-state index contributed by atoms with van der Waals surface area (Å²) in [5.74, 6) is 0.477. The molecule has 0 N–H and O–H groups in total. The van der Waals surface area contributed by atoms with Gasteiger partial charge in [-0.25, -0.2) is 0 Å². The van der Waals surface area contributed by atoms with Crippen LogP contribution in [0.25, 0.3) is 16.3 Å². The van der Waals surface area contributed by atoms with Crippen molar-refractivity contribution in [1.82, 2.24) is 0 Å². The fourth-order valence-corrected chi connectivity index (χ4v) is 4.74. The number of rotatable bonds is 1. The molecular formula is C26H25I. The van der Waals surface area contributed by atoms with Crippen molar-refractivity contribution >= 4 is 38.9 Å². The molecule has 1 atom stereocenters. The van der Waals surface area contributed by atoms with Crippen LogP contribution in [-0.4, -0.2) is 0 Å². The molecule has 0 fully saturated rings. The molecule has 136 valence electrons. The summed E-state index contributed by atoms with van der Waals surface area (Å²) in [5, 5.41) is 2.62. The molecule has 0 spiro atoms. The second kappa shape index (κ2) is 7.27. The van der Waals surface area contributed by atoms with Gasteiger partial charge in [0.1, 0.15) is 0 Å². The molecule has 0 aromatic heterocycles. The van der Waals surface area contributed by atoms with E-state index >= 15 is 0 Å². The molecule has 2 aromatic rings. The monoisotopic (exact) mass is 464 g/mol. The van der Waals surface area contributed by atoms with Gasteiger partial charge in [0.05, 0.1) is 0 Å². The standard InChI is InChI=1S/C26H25I/c1-18-7-5-4-6-14-26(2,3)25-17-22(11-13-24(18)25)19-8-9-21-16-23(27)12-10-20(21)15-19/h4-13,15-16,25H,1,14,17H2,2-3H3/b6-4-,7-5-. The Morgan fingerprint density at radius 3 is 2.63 bits per heavy atom. The highest BCUT2D eigenvalue weighted by Crippen LogP contribution is 2.46. The summed E-state index contributed by atoms with van der Waals surface area (Å²) in [6, 6.07) is 13.5. The van der Waals surface area contributed by atoms with Crippen LogP contribution >= 0.6 is 22.6 Å². The van der Waals surface area contributed by atoms with Gasteiger partial charge in [0, 0.05) is 3.57 Å². The topological polar surface area (TPSA) is 0 Å². The smallest absolute Gasteiger partial charge is 0.0136 e. The molecule has 2 aliphatic rings. The first-order chi connectivity index (χ1) is 12.9. The van der Waals surface area contributed by atoms with Gasteiger partial charge in [0.15, 0.2) is 0 Å². The van der Waals surface area contributed by atoms with Crippen molar-refractivity contribution in [3.63, 3.8) is 0 Å². The fraction of sp³-hybridized carbons (Fsp3) is 0.231. The van der Waals surface area contributed by atoms with E-state index in [-0.39, 0.29) is 5.41 Å². The first-order valence-electron chi connectivity index (χ1n) is 9.57. The second-order valence-electron chi connectivity index (χ2n) is 8.28. The first-order valence-corrected chi connectivity index (χ1v) is 10.6. The maximum Gasteiger partial charge on any atom is 0.0136 e. The first kappa shape index (κ1) is 18.5. The van der Waals surface area contributed by atoms with Crippen LogP contribution in [0.3, 0.4) is 0 Å². The van der Waals surface area contributed by atoms with Gasteiger partial charge in [0.25, 0.3) is 0 Å². The fourth-order valence-electron chi connectivity index (χ4n) is 4.22. The quantitative estimate of drug-likeness (QED) is 0.377. The van der Waals surface area contributed by atoms with Gasteiger partial charge < -0.3 is 0 Å². The number of halogens is 1. The van der Waals surface area contributed by atoms with Crippen molar-refractivity contribution in [2.24, 2.45) is 11.3 Å². The molecule has 1 unspecified atom stereocenters. The van der Waals surface area contributed by atoms with Crippen LogP contribution < -0.4 is 0 Å². The molecule has 0 aliphatic heterocycles. The van der Waals surface area contributed by atoms with Crippen LogP contribution in [-0.2, 0) is 0 Å². The number of benzene rings is 2. The van der Waals surface area contributed by atoms with Gasteiger partial charge in [-0.15, -0.1) is 0 Å². The molecule has 27 heavy (non-hydrogen) atoms. The number of hydrogen-bond acceptors (Lipinski definition) is 0. The predicted molar refractivity (Wildman–Crippen MR) is 127 cm³/mol. The SMILES string of the molecule is C=C1/C=C\C=C/CC(C)(C)C2CC(c3ccc4cc(I)ccc4c3)=CC=C12. The lowest BCUT2D eigenvalue weighted by Crippen LogP contribution is -2.27. The molecule has 0 heterocycles. The molecule has 0 nitrogen and oxygen atoms in total. The molecule has 4 rings (SSSR count). The molecule has 2 aliphatic carbocycles. The Hall–Kier alpha value is -1.87. The summed E-state index contributed by atoms with van der Waals surface area (Å²) in [7, 11) is 0. The van der Waals surface area contributed by atoms with E-state index in [4.69, 9.17) is 0 Å². The summed E-state index contributed by atoms with van der Waals surface area (Å²) in [5.41, 5.74) is 5.50.